The van der Waals surface area contributed by atoms with Crippen LogP contribution >= 0.6 is 0 Å². The average molecular weight is 297 g/mol. The first-order valence-electron chi connectivity index (χ1n) is 7.12. The van der Waals surface area contributed by atoms with E-state index in [1.54, 1.807) is 28.6 Å². The summed E-state index contributed by atoms with van der Waals surface area (Å²) in [5.74, 6) is 0.450. The second kappa shape index (κ2) is 6.24. The van der Waals surface area contributed by atoms with Crippen molar-refractivity contribution in [3.05, 3.63) is 35.4 Å². The van der Waals surface area contributed by atoms with Crippen LogP contribution < -0.4 is 0 Å². The minimum atomic E-state index is -3.27. The summed E-state index contributed by atoms with van der Waals surface area (Å²) < 4.78 is 26.7. The van der Waals surface area contributed by atoms with Crippen molar-refractivity contribution in [2.24, 2.45) is 5.92 Å². The van der Waals surface area contributed by atoms with Gasteiger partial charge in [-0.15, -0.1) is 0 Å². The molecule has 1 aromatic rings. The van der Waals surface area contributed by atoms with Crippen molar-refractivity contribution in [2.45, 2.75) is 45.1 Å². The number of hydrogen-bond donors (Lipinski definition) is 1. The van der Waals surface area contributed by atoms with Gasteiger partial charge in [-0.3, -0.25) is 0 Å². The van der Waals surface area contributed by atoms with Gasteiger partial charge < -0.3 is 5.11 Å². The Morgan fingerprint density at radius 3 is 2.40 bits per heavy atom. The molecule has 4 nitrogen and oxygen atoms in total. The van der Waals surface area contributed by atoms with Gasteiger partial charge in [0.05, 0.1) is 12.4 Å². The molecule has 1 heterocycles. The zero-order valence-electron chi connectivity index (χ0n) is 12.1. The molecule has 5 heteroatoms. The number of nitrogens with zero attached hydrogens (tertiary/aromatic N) is 1. The Morgan fingerprint density at radius 1 is 1.20 bits per heavy atom. The normalized spacial score (nSPS) is 24.8. The third-order valence-corrected chi connectivity index (χ3v) is 6.16. The summed E-state index contributed by atoms with van der Waals surface area (Å²) in [6.45, 7) is 4.72. The molecule has 1 aliphatic rings. The molecule has 1 N–H and O–H groups in total. The van der Waals surface area contributed by atoms with Crippen molar-refractivity contribution in [3.8, 4) is 0 Å². The van der Waals surface area contributed by atoms with E-state index in [1.807, 2.05) is 6.92 Å². The van der Waals surface area contributed by atoms with Crippen LogP contribution in [0.1, 0.15) is 37.8 Å². The molecule has 2 unspecified atom stereocenters. The predicted octanol–water partition coefficient (Wildman–Crippen LogP) is 2.13. The van der Waals surface area contributed by atoms with Crippen LogP contribution in [0, 0.1) is 5.92 Å². The summed E-state index contributed by atoms with van der Waals surface area (Å²) in [5.41, 5.74) is 1.57. The van der Waals surface area contributed by atoms with E-state index in [0.29, 0.717) is 12.5 Å². The highest BCUT2D eigenvalue weighted by molar-refractivity contribution is 7.88. The molecule has 0 aliphatic carbocycles. The van der Waals surface area contributed by atoms with Crippen LogP contribution in [-0.2, 0) is 22.4 Å². The topological polar surface area (TPSA) is 57.6 Å². The second-order valence-corrected chi connectivity index (χ2v) is 7.62. The van der Waals surface area contributed by atoms with Crippen LogP contribution in [0.2, 0.25) is 0 Å². The maximum Gasteiger partial charge on any atom is 0.218 e. The number of rotatable bonds is 4. The number of aliphatic hydroxyl groups excluding tert-OH is 1. The number of piperidine rings is 1. The van der Waals surface area contributed by atoms with Gasteiger partial charge in [-0.25, -0.2) is 8.42 Å². The van der Waals surface area contributed by atoms with Gasteiger partial charge >= 0.3 is 0 Å². The summed E-state index contributed by atoms with van der Waals surface area (Å²) in [4.78, 5) is 0. The van der Waals surface area contributed by atoms with E-state index < -0.39 is 10.0 Å². The van der Waals surface area contributed by atoms with E-state index in [1.165, 1.54) is 0 Å². The first-order chi connectivity index (χ1) is 9.44. The molecule has 0 saturated carbocycles. The van der Waals surface area contributed by atoms with E-state index in [4.69, 9.17) is 5.11 Å². The zero-order valence-corrected chi connectivity index (χ0v) is 12.9. The van der Waals surface area contributed by atoms with Gasteiger partial charge in [-0.1, -0.05) is 31.2 Å². The summed E-state index contributed by atoms with van der Waals surface area (Å²) in [7, 11) is -3.27. The van der Waals surface area contributed by atoms with E-state index in [9.17, 15) is 8.42 Å². The number of sulfonamides is 1. The van der Waals surface area contributed by atoms with Gasteiger partial charge in [-0.2, -0.15) is 4.31 Å². The molecule has 20 heavy (non-hydrogen) atoms. The summed E-state index contributed by atoms with van der Waals surface area (Å²) >= 11 is 0. The smallest absolute Gasteiger partial charge is 0.218 e. The van der Waals surface area contributed by atoms with E-state index >= 15 is 0 Å². The van der Waals surface area contributed by atoms with Crippen molar-refractivity contribution >= 4 is 10.0 Å². The molecule has 2 atom stereocenters. The van der Waals surface area contributed by atoms with Crippen LogP contribution in [0.15, 0.2) is 24.3 Å². The lowest BCUT2D eigenvalue weighted by molar-refractivity contribution is 0.202. The monoisotopic (exact) mass is 297 g/mol. The van der Waals surface area contributed by atoms with Crippen LogP contribution in [0.3, 0.4) is 0 Å². The van der Waals surface area contributed by atoms with E-state index in [2.05, 4.69) is 6.92 Å². The maximum atomic E-state index is 12.5. The average Bonchev–Trinajstić information content (AvgIpc) is 2.42. The lowest BCUT2D eigenvalue weighted by atomic mass is 9.94. The molecule has 1 saturated heterocycles. The molecule has 112 valence electrons. The Labute approximate surface area is 121 Å². The van der Waals surface area contributed by atoms with Crippen molar-refractivity contribution < 1.29 is 13.5 Å². The Balaban J connectivity index is 2.13. The zero-order chi connectivity index (χ0) is 14.8. The fourth-order valence-electron chi connectivity index (χ4n) is 2.72. The van der Waals surface area contributed by atoms with Gasteiger partial charge in [0, 0.05) is 12.6 Å². The Morgan fingerprint density at radius 2 is 1.80 bits per heavy atom. The number of hydrogen-bond acceptors (Lipinski definition) is 3. The lowest BCUT2D eigenvalue weighted by Gasteiger charge is -2.36. The van der Waals surface area contributed by atoms with Gasteiger partial charge in [0.2, 0.25) is 10.0 Å². The van der Waals surface area contributed by atoms with Crippen LogP contribution in [0.5, 0.6) is 0 Å². The van der Waals surface area contributed by atoms with Crippen LogP contribution in [-0.4, -0.2) is 30.4 Å². The van der Waals surface area contributed by atoms with Crippen molar-refractivity contribution in [1.29, 1.82) is 0 Å². The Bertz CT molecular complexity index is 539. The molecular formula is C15H23NO3S. The Kier molecular flexibility index (Phi) is 4.83. The molecule has 1 fully saturated rings. The number of aliphatic hydroxyl groups is 1. The molecule has 0 bridgehead atoms. The highest BCUT2D eigenvalue weighted by Gasteiger charge is 2.33. The van der Waals surface area contributed by atoms with Crippen molar-refractivity contribution in [1.82, 2.24) is 4.31 Å². The van der Waals surface area contributed by atoms with E-state index in [0.717, 1.165) is 24.0 Å². The van der Waals surface area contributed by atoms with Gasteiger partial charge in [0.15, 0.2) is 0 Å². The third kappa shape index (κ3) is 3.40. The lowest BCUT2D eigenvalue weighted by Crippen LogP contribution is -2.46. The Hall–Kier alpha value is -0.910. The highest BCUT2D eigenvalue weighted by Crippen LogP contribution is 2.26. The quantitative estimate of drug-likeness (QED) is 0.926. The van der Waals surface area contributed by atoms with Crippen molar-refractivity contribution in [2.75, 3.05) is 6.54 Å². The first kappa shape index (κ1) is 15.5. The summed E-state index contributed by atoms with van der Waals surface area (Å²) in [6.07, 6.45) is 2.03. The molecule has 1 aromatic carbocycles. The minimum absolute atomic E-state index is 0.0201. The maximum absolute atomic E-state index is 12.5. The highest BCUT2D eigenvalue weighted by atomic mass is 32.2. The number of benzene rings is 1. The standard InChI is InChI=1S/C15H23NO3S/c1-12-4-3-9-16(13(12)2)20(18,19)11-15-7-5-14(10-17)6-8-15/h5-8,12-13,17H,3-4,9-11H2,1-2H3. The van der Waals surface area contributed by atoms with Gasteiger partial charge in [0.25, 0.3) is 0 Å². The third-order valence-electron chi connectivity index (χ3n) is 4.23. The molecular weight excluding hydrogens is 274 g/mol. The molecule has 0 aromatic heterocycles. The molecule has 0 amide bonds. The molecule has 1 aliphatic heterocycles. The minimum Gasteiger partial charge on any atom is -0.392 e. The van der Waals surface area contributed by atoms with E-state index in [-0.39, 0.29) is 18.4 Å². The molecule has 0 radical (unpaired) electrons. The SMILES string of the molecule is CC1CCCN(S(=O)(=O)Cc2ccc(CO)cc2)C1C. The summed E-state index contributed by atoms with van der Waals surface area (Å²) in [5, 5.41) is 9.00. The summed E-state index contributed by atoms with van der Waals surface area (Å²) in [6, 6.07) is 7.17. The largest absolute Gasteiger partial charge is 0.392 e. The van der Waals surface area contributed by atoms with Gasteiger partial charge in [0.1, 0.15) is 0 Å². The van der Waals surface area contributed by atoms with Gasteiger partial charge in [-0.05, 0) is 36.8 Å². The van der Waals surface area contributed by atoms with Crippen LogP contribution in [0.4, 0.5) is 0 Å². The second-order valence-electron chi connectivity index (χ2n) is 5.70. The molecule has 2 rings (SSSR count). The first-order valence-corrected chi connectivity index (χ1v) is 8.73. The fraction of sp³-hybridized carbons (Fsp3) is 0.600. The molecule has 0 spiro atoms. The van der Waals surface area contributed by atoms with Crippen LogP contribution in [0.25, 0.3) is 0 Å². The van der Waals surface area contributed by atoms with Crippen molar-refractivity contribution in [3.63, 3.8) is 0 Å². The fourth-order valence-corrected chi connectivity index (χ4v) is 4.63. The predicted molar refractivity (Wildman–Crippen MR) is 79.6 cm³/mol.